The van der Waals surface area contributed by atoms with E-state index in [2.05, 4.69) is 9.97 Å². The number of aromatic nitrogens is 2. The first-order chi connectivity index (χ1) is 8.38. The Morgan fingerprint density at radius 3 is 2.37 bits per heavy atom. The second-order valence-corrected chi connectivity index (χ2v) is 4.24. The molecule has 1 aromatic heterocycles. The van der Waals surface area contributed by atoms with Gasteiger partial charge in [0, 0.05) is 31.5 Å². The second-order valence-electron chi connectivity index (χ2n) is 4.24. The highest BCUT2D eigenvalue weighted by Gasteiger charge is 2.32. The Kier molecular flexibility index (Phi) is 4.94. The largest absolute Gasteiger partial charge is 0.419 e. The van der Waals surface area contributed by atoms with Crippen molar-refractivity contribution in [1.82, 2.24) is 9.97 Å². The van der Waals surface area contributed by atoms with Crippen LogP contribution in [0.3, 0.4) is 0 Å². The lowest BCUT2D eigenvalue weighted by molar-refractivity contribution is -0.138. The maximum absolute atomic E-state index is 12.3. The summed E-state index contributed by atoms with van der Waals surface area (Å²) in [6, 6.07) is -0.310. The number of anilines is 1. The third-order valence-corrected chi connectivity index (χ3v) is 2.88. The van der Waals surface area contributed by atoms with Gasteiger partial charge < -0.3 is 15.7 Å². The Hall–Kier alpha value is -1.12. The van der Waals surface area contributed by atoms with E-state index < -0.39 is 17.8 Å². The number of alkyl halides is 3. The first-order valence-corrected chi connectivity index (χ1v) is 5.46. The summed E-state index contributed by atoms with van der Waals surface area (Å²) in [4.78, 5) is 8.96. The number of hydrogen-bond acceptors (Lipinski definition) is 5. The van der Waals surface area contributed by atoms with Crippen LogP contribution in [-0.2, 0) is 6.18 Å². The Labute approximate surface area is 114 Å². The Bertz CT molecular complexity index is 414. The maximum atomic E-state index is 12.3. The van der Waals surface area contributed by atoms with Crippen molar-refractivity contribution in [3.8, 4) is 0 Å². The molecule has 0 saturated carbocycles. The van der Waals surface area contributed by atoms with Gasteiger partial charge in [0.2, 0.25) is 5.95 Å². The third kappa shape index (κ3) is 3.68. The van der Waals surface area contributed by atoms with Gasteiger partial charge in [-0.25, -0.2) is 9.97 Å². The summed E-state index contributed by atoms with van der Waals surface area (Å²) in [5.41, 5.74) is 4.75. The molecule has 0 aromatic carbocycles. The third-order valence-electron chi connectivity index (χ3n) is 2.88. The highest BCUT2D eigenvalue weighted by Crippen LogP contribution is 2.28. The van der Waals surface area contributed by atoms with E-state index in [1.165, 1.54) is 0 Å². The van der Waals surface area contributed by atoms with Crippen molar-refractivity contribution in [2.75, 3.05) is 18.0 Å². The number of nitrogens with two attached hydrogens (primary N) is 1. The molecule has 1 aliphatic heterocycles. The summed E-state index contributed by atoms with van der Waals surface area (Å²) in [7, 11) is 0. The first-order valence-electron chi connectivity index (χ1n) is 5.46. The van der Waals surface area contributed by atoms with Crippen LogP contribution in [0.5, 0.6) is 0 Å². The van der Waals surface area contributed by atoms with Crippen molar-refractivity contribution in [3.63, 3.8) is 0 Å². The number of halogens is 4. The minimum atomic E-state index is -4.44. The molecular weight excluding hydrogens is 285 g/mol. The SMILES string of the molecule is Cl.NC1CCN(c2ncc(C(F)(F)F)cn2)CC1O. The summed E-state index contributed by atoms with van der Waals surface area (Å²) in [6.07, 6.45) is -3.13. The van der Waals surface area contributed by atoms with E-state index in [4.69, 9.17) is 5.73 Å². The molecule has 1 saturated heterocycles. The van der Waals surface area contributed by atoms with Crippen molar-refractivity contribution >= 4 is 18.4 Å². The van der Waals surface area contributed by atoms with Crippen molar-refractivity contribution < 1.29 is 18.3 Å². The molecule has 0 bridgehead atoms. The van der Waals surface area contributed by atoms with Crippen LogP contribution in [0.25, 0.3) is 0 Å². The van der Waals surface area contributed by atoms with Gasteiger partial charge in [0.25, 0.3) is 0 Å². The zero-order chi connectivity index (χ0) is 13.3. The van der Waals surface area contributed by atoms with Gasteiger partial charge in [0.05, 0.1) is 11.7 Å². The molecule has 0 spiro atoms. The number of nitrogens with zero attached hydrogens (tertiary/aromatic N) is 3. The fraction of sp³-hybridized carbons (Fsp3) is 0.600. The van der Waals surface area contributed by atoms with Crippen LogP contribution in [0, 0.1) is 0 Å². The lowest BCUT2D eigenvalue weighted by Crippen LogP contribution is -2.51. The molecule has 1 aliphatic rings. The quantitative estimate of drug-likeness (QED) is 0.803. The summed E-state index contributed by atoms with van der Waals surface area (Å²) >= 11 is 0. The Balaban J connectivity index is 0.00000180. The van der Waals surface area contributed by atoms with E-state index in [-0.39, 0.29) is 30.9 Å². The maximum Gasteiger partial charge on any atom is 0.419 e. The van der Waals surface area contributed by atoms with Gasteiger partial charge in [-0.05, 0) is 6.42 Å². The standard InChI is InChI=1S/C10H13F3N4O.ClH/c11-10(12,13)6-3-15-9(16-4-6)17-2-1-7(14)8(18)5-17;/h3-4,7-8,18H,1-2,5,14H2;1H. The molecule has 0 radical (unpaired) electrons. The lowest BCUT2D eigenvalue weighted by Gasteiger charge is -2.33. The Morgan fingerprint density at radius 1 is 1.32 bits per heavy atom. The van der Waals surface area contributed by atoms with E-state index >= 15 is 0 Å². The molecule has 0 amide bonds. The summed E-state index contributed by atoms with van der Waals surface area (Å²) < 4.78 is 37.0. The molecule has 5 nitrogen and oxygen atoms in total. The van der Waals surface area contributed by atoms with Crippen LogP contribution >= 0.6 is 12.4 Å². The zero-order valence-corrected chi connectivity index (χ0v) is 10.7. The van der Waals surface area contributed by atoms with Crippen molar-refractivity contribution in [3.05, 3.63) is 18.0 Å². The van der Waals surface area contributed by atoms with Crippen LogP contribution < -0.4 is 10.6 Å². The summed E-state index contributed by atoms with van der Waals surface area (Å²) in [5.74, 6) is 0.175. The van der Waals surface area contributed by atoms with E-state index in [9.17, 15) is 18.3 Å². The van der Waals surface area contributed by atoms with Crippen LogP contribution in [-0.4, -0.2) is 40.3 Å². The van der Waals surface area contributed by atoms with Crippen molar-refractivity contribution in [2.24, 2.45) is 5.73 Å². The van der Waals surface area contributed by atoms with Gasteiger partial charge in [-0.3, -0.25) is 0 Å². The summed E-state index contributed by atoms with van der Waals surface area (Å²) in [5, 5.41) is 9.59. The van der Waals surface area contributed by atoms with Gasteiger partial charge >= 0.3 is 6.18 Å². The van der Waals surface area contributed by atoms with Gasteiger partial charge in [-0.2, -0.15) is 13.2 Å². The van der Waals surface area contributed by atoms with Gasteiger partial charge in [-0.1, -0.05) is 0 Å². The highest BCUT2D eigenvalue weighted by atomic mass is 35.5. The molecule has 9 heteroatoms. The molecule has 0 aliphatic carbocycles. The van der Waals surface area contributed by atoms with E-state index in [0.29, 0.717) is 13.0 Å². The molecule has 2 heterocycles. The van der Waals surface area contributed by atoms with Gasteiger partial charge in [0.15, 0.2) is 0 Å². The molecule has 3 N–H and O–H groups in total. The van der Waals surface area contributed by atoms with Crippen LogP contribution in [0.2, 0.25) is 0 Å². The monoisotopic (exact) mass is 298 g/mol. The average molecular weight is 299 g/mol. The summed E-state index contributed by atoms with van der Waals surface area (Å²) in [6.45, 7) is 0.746. The minimum absolute atomic E-state index is 0. The number of aliphatic hydroxyl groups is 1. The van der Waals surface area contributed by atoms with E-state index in [1.54, 1.807) is 4.90 Å². The predicted molar refractivity (Wildman–Crippen MR) is 65.1 cm³/mol. The molecule has 1 aromatic rings. The molecular formula is C10H14ClF3N4O. The number of aliphatic hydroxyl groups excluding tert-OH is 1. The van der Waals surface area contributed by atoms with Crippen LogP contribution in [0.4, 0.5) is 19.1 Å². The number of rotatable bonds is 1. The highest BCUT2D eigenvalue weighted by molar-refractivity contribution is 5.85. The topological polar surface area (TPSA) is 75.3 Å². The number of piperidine rings is 1. The predicted octanol–water partition coefficient (Wildman–Crippen LogP) is 0.815. The van der Waals surface area contributed by atoms with Crippen LogP contribution in [0.1, 0.15) is 12.0 Å². The molecule has 2 atom stereocenters. The van der Waals surface area contributed by atoms with Crippen LogP contribution in [0.15, 0.2) is 12.4 Å². The molecule has 19 heavy (non-hydrogen) atoms. The lowest BCUT2D eigenvalue weighted by atomic mass is 10.0. The second kappa shape index (κ2) is 5.89. The first kappa shape index (κ1) is 15.9. The number of hydrogen-bond donors (Lipinski definition) is 2. The van der Waals surface area contributed by atoms with Gasteiger partial charge in [0.1, 0.15) is 0 Å². The average Bonchev–Trinajstić information content (AvgIpc) is 2.32. The number of β-amino-alcohol motifs (C(OH)–C–C–N with tert-alkyl or cyclic N) is 1. The van der Waals surface area contributed by atoms with Crippen molar-refractivity contribution in [2.45, 2.75) is 24.7 Å². The molecule has 1 fully saturated rings. The smallest absolute Gasteiger partial charge is 0.390 e. The minimum Gasteiger partial charge on any atom is -0.390 e. The zero-order valence-electron chi connectivity index (χ0n) is 9.84. The fourth-order valence-electron chi connectivity index (χ4n) is 1.76. The fourth-order valence-corrected chi connectivity index (χ4v) is 1.76. The van der Waals surface area contributed by atoms with E-state index in [1.807, 2.05) is 0 Å². The molecule has 2 rings (SSSR count). The van der Waals surface area contributed by atoms with Crippen molar-refractivity contribution in [1.29, 1.82) is 0 Å². The van der Waals surface area contributed by atoms with Gasteiger partial charge in [-0.15, -0.1) is 12.4 Å². The molecule has 2 unspecified atom stereocenters. The normalized spacial score (nSPS) is 23.9. The Morgan fingerprint density at radius 2 is 1.89 bits per heavy atom. The molecule has 108 valence electrons. The van der Waals surface area contributed by atoms with E-state index in [0.717, 1.165) is 12.4 Å².